The van der Waals surface area contributed by atoms with Gasteiger partial charge in [0.15, 0.2) is 0 Å². The Labute approximate surface area is 137 Å². The number of rotatable bonds is 6. The fourth-order valence-corrected chi connectivity index (χ4v) is 3.78. The number of carbonyl (C=O) groups is 1. The number of hydrogen-bond acceptors (Lipinski definition) is 4. The summed E-state index contributed by atoms with van der Waals surface area (Å²) in [6.45, 7) is 6.34. The third kappa shape index (κ3) is 4.68. The van der Waals surface area contributed by atoms with E-state index in [0.29, 0.717) is 19.2 Å². The fraction of sp³-hybridized carbons (Fsp3) is 0.750. The van der Waals surface area contributed by atoms with Gasteiger partial charge in [-0.25, -0.2) is 9.78 Å². The normalized spacial score (nSPS) is 18.5. The van der Waals surface area contributed by atoms with Crippen molar-refractivity contribution in [1.82, 2.24) is 15.2 Å². The summed E-state index contributed by atoms with van der Waals surface area (Å²) in [5.41, 5.74) is 1.10. The smallest absolute Gasteiger partial charge is 0.317 e. The first kappa shape index (κ1) is 17.2. The number of nitrogens with zero attached hydrogens (tertiary/aromatic N) is 2. The molecule has 0 radical (unpaired) electrons. The number of carbonyl (C=O) groups excluding carboxylic acids is 1. The molecule has 2 heterocycles. The van der Waals surface area contributed by atoms with Crippen LogP contribution in [0.2, 0.25) is 0 Å². The highest BCUT2D eigenvalue weighted by Crippen LogP contribution is 2.20. The Morgan fingerprint density at radius 1 is 1.45 bits per heavy atom. The molecular formula is C16H27N3O2S. The Morgan fingerprint density at radius 3 is 2.95 bits per heavy atom. The molecule has 5 nitrogen and oxygen atoms in total. The molecule has 1 aromatic rings. The summed E-state index contributed by atoms with van der Waals surface area (Å²) in [7, 11) is 1.71. The number of ether oxygens (including phenoxy) is 1. The van der Waals surface area contributed by atoms with E-state index in [1.807, 2.05) is 11.8 Å². The average molecular weight is 325 g/mol. The summed E-state index contributed by atoms with van der Waals surface area (Å²) >= 11 is 1.72. The molecule has 0 aromatic carbocycles. The summed E-state index contributed by atoms with van der Waals surface area (Å²) in [5.74, 6) is 0. The minimum Gasteiger partial charge on any atom is -0.385 e. The summed E-state index contributed by atoms with van der Waals surface area (Å²) in [6.07, 6.45) is 5.12. The van der Waals surface area contributed by atoms with Crippen molar-refractivity contribution in [2.24, 2.45) is 0 Å². The number of hydrogen-bond donors (Lipinski definition) is 1. The van der Waals surface area contributed by atoms with Crippen LogP contribution in [-0.2, 0) is 11.2 Å². The second kappa shape index (κ2) is 8.48. The van der Waals surface area contributed by atoms with Gasteiger partial charge in [-0.3, -0.25) is 0 Å². The van der Waals surface area contributed by atoms with E-state index in [1.165, 1.54) is 11.3 Å². The van der Waals surface area contributed by atoms with Crippen LogP contribution >= 0.6 is 11.3 Å². The van der Waals surface area contributed by atoms with Gasteiger partial charge < -0.3 is 15.0 Å². The molecule has 0 bridgehead atoms. The van der Waals surface area contributed by atoms with Gasteiger partial charge in [-0.2, -0.15) is 0 Å². The van der Waals surface area contributed by atoms with Crippen molar-refractivity contribution in [1.29, 1.82) is 0 Å². The molecule has 2 amide bonds. The van der Waals surface area contributed by atoms with Crippen LogP contribution in [0.25, 0.3) is 0 Å². The van der Waals surface area contributed by atoms with E-state index in [2.05, 4.69) is 17.2 Å². The van der Waals surface area contributed by atoms with E-state index < -0.39 is 0 Å². The van der Waals surface area contributed by atoms with Gasteiger partial charge in [-0.15, -0.1) is 11.3 Å². The topological polar surface area (TPSA) is 54.5 Å². The highest BCUT2D eigenvalue weighted by Gasteiger charge is 2.26. The lowest BCUT2D eigenvalue weighted by atomic mass is 10.0. The molecule has 0 saturated carbocycles. The van der Waals surface area contributed by atoms with E-state index in [4.69, 9.17) is 4.74 Å². The summed E-state index contributed by atoms with van der Waals surface area (Å²) in [6, 6.07) is 0.379. The number of amides is 2. The second-order valence-electron chi connectivity index (χ2n) is 5.86. The maximum absolute atomic E-state index is 12.4. The van der Waals surface area contributed by atoms with Crippen molar-refractivity contribution < 1.29 is 9.53 Å². The molecule has 1 fully saturated rings. The predicted molar refractivity (Wildman–Crippen MR) is 89.5 cm³/mol. The molecule has 0 spiro atoms. The number of nitrogens with one attached hydrogen (secondary N) is 1. The lowest BCUT2D eigenvalue weighted by Gasteiger charge is -2.35. The van der Waals surface area contributed by atoms with Crippen LogP contribution in [0, 0.1) is 13.8 Å². The summed E-state index contributed by atoms with van der Waals surface area (Å²) in [4.78, 5) is 20.2. The van der Waals surface area contributed by atoms with Crippen LogP contribution in [0.15, 0.2) is 0 Å². The Bertz CT molecular complexity index is 470. The number of methoxy groups -OCH3 is 1. The maximum Gasteiger partial charge on any atom is 0.317 e. The molecule has 1 aliphatic heterocycles. The first-order valence-electron chi connectivity index (χ1n) is 8.08. The molecule has 1 aliphatic rings. The zero-order chi connectivity index (χ0) is 15.9. The zero-order valence-electron chi connectivity index (χ0n) is 13.9. The van der Waals surface area contributed by atoms with E-state index in [1.54, 1.807) is 18.4 Å². The van der Waals surface area contributed by atoms with E-state index >= 15 is 0 Å². The van der Waals surface area contributed by atoms with Crippen molar-refractivity contribution in [3.05, 3.63) is 15.6 Å². The van der Waals surface area contributed by atoms with E-state index in [0.717, 1.165) is 42.9 Å². The number of aryl methyl sites for hydroxylation is 2. The predicted octanol–water partition coefficient (Wildman–Crippen LogP) is 2.90. The lowest BCUT2D eigenvalue weighted by molar-refractivity contribution is 0.117. The highest BCUT2D eigenvalue weighted by atomic mass is 32.1. The summed E-state index contributed by atoms with van der Waals surface area (Å²) in [5, 5.41) is 4.15. The van der Waals surface area contributed by atoms with Crippen molar-refractivity contribution in [3.8, 4) is 0 Å². The van der Waals surface area contributed by atoms with E-state index in [9.17, 15) is 4.79 Å². The van der Waals surface area contributed by atoms with Gasteiger partial charge in [-0.05, 0) is 39.5 Å². The minimum atomic E-state index is 0.0609. The molecule has 124 valence electrons. The molecule has 1 atom stereocenters. The van der Waals surface area contributed by atoms with Gasteiger partial charge in [0.1, 0.15) is 0 Å². The Balaban J connectivity index is 1.79. The van der Waals surface area contributed by atoms with Crippen molar-refractivity contribution in [2.45, 2.75) is 52.0 Å². The minimum absolute atomic E-state index is 0.0609. The van der Waals surface area contributed by atoms with Crippen molar-refractivity contribution in [3.63, 3.8) is 0 Å². The lowest BCUT2D eigenvalue weighted by Crippen LogP contribution is -2.49. The molecule has 1 unspecified atom stereocenters. The maximum atomic E-state index is 12.4. The molecule has 22 heavy (non-hydrogen) atoms. The van der Waals surface area contributed by atoms with Gasteiger partial charge in [0, 0.05) is 44.1 Å². The molecule has 1 aromatic heterocycles. The fourth-order valence-electron chi connectivity index (χ4n) is 2.85. The monoisotopic (exact) mass is 325 g/mol. The Morgan fingerprint density at radius 2 is 2.27 bits per heavy atom. The van der Waals surface area contributed by atoms with Gasteiger partial charge >= 0.3 is 6.03 Å². The Hall–Kier alpha value is -1.14. The van der Waals surface area contributed by atoms with Crippen molar-refractivity contribution >= 4 is 17.4 Å². The second-order valence-corrected chi connectivity index (χ2v) is 7.14. The van der Waals surface area contributed by atoms with Crippen LogP contribution in [0.3, 0.4) is 0 Å². The molecule has 1 saturated heterocycles. The van der Waals surface area contributed by atoms with E-state index in [-0.39, 0.29) is 6.03 Å². The highest BCUT2D eigenvalue weighted by molar-refractivity contribution is 7.11. The first-order valence-corrected chi connectivity index (χ1v) is 8.89. The van der Waals surface area contributed by atoms with Crippen LogP contribution < -0.4 is 5.32 Å². The molecule has 1 N–H and O–H groups in total. The standard InChI is InChI=1S/C16H27N3O2S/c1-12-13(2)22-15(18-12)7-9-17-16(20)19-10-5-4-6-14(19)8-11-21-3/h14H,4-11H2,1-3H3,(H,17,20). The van der Waals surface area contributed by atoms with Crippen LogP contribution in [0.4, 0.5) is 4.79 Å². The number of urea groups is 1. The number of piperidine rings is 1. The molecular weight excluding hydrogens is 298 g/mol. The third-order valence-corrected chi connectivity index (χ3v) is 5.36. The Kier molecular flexibility index (Phi) is 6.64. The van der Waals surface area contributed by atoms with Gasteiger partial charge in [0.05, 0.1) is 10.7 Å². The van der Waals surface area contributed by atoms with Crippen LogP contribution in [0.1, 0.15) is 41.3 Å². The van der Waals surface area contributed by atoms with Gasteiger partial charge in [0.25, 0.3) is 0 Å². The SMILES string of the molecule is COCCC1CCCCN1C(=O)NCCc1nc(C)c(C)s1. The van der Waals surface area contributed by atoms with Crippen LogP contribution in [-0.4, -0.2) is 48.8 Å². The average Bonchev–Trinajstić information content (AvgIpc) is 2.83. The molecule has 6 heteroatoms. The van der Waals surface area contributed by atoms with Crippen LogP contribution in [0.5, 0.6) is 0 Å². The van der Waals surface area contributed by atoms with Gasteiger partial charge in [0.2, 0.25) is 0 Å². The van der Waals surface area contributed by atoms with Gasteiger partial charge in [-0.1, -0.05) is 0 Å². The largest absolute Gasteiger partial charge is 0.385 e. The van der Waals surface area contributed by atoms with Crippen molar-refractivity contribution in [2.75, 3.05) is 26.8 Å². The first-order chi connectivity index (χ1) is 10.6. The third-order valence-electron chi connectivity index (χ3n) is 4.23. The quantitative estimate of drug-likeness (QED) is 0.875. The summed E-state index contributed by atoms with van der Waals surface area (Å²) < 4.78 is 5.16. The molecule has 2 rings (SSSR count). The molecule has 0 aliphatic carbocycles. The zero-order valence-corrected chi connectivity index (χ0v) is 14.7. The number of thiazole rings is 1. The number of likely N-dealkylation sites (tertiary alicyclic amines) is 1. The number of aromatic nitrogens is 1.